The van der Waals surface area contributed by atoms with E-state index in [1.54, 1.807) is 12.1 Å². The van der Waals surface area contributed by atoms with Crippen molar-refractivity contribution in [3.63, 3.8) is 0 Å². The van der Waals surface area contributed by atoms with Gasteiger partial charge in [0.25, 0.3) is 0 Å². The van der Waals surface area contributed by atoms with Crippen LogP contribution in [0.2, 0.25) is 0 Å². The number of benzene rings is 5. The first kappa shape index (κ1) is 40.7. The van der Waals surface area contributed by atoms with Crippen molar-refractivity contribution in [2.45, 2.75) is 41.5 Å². The maximum atomic E-state index is 11.6. The average molecular weight is 844 g/mol. The molecule has 7 heteroatoms. The number of carbonyl (C=O) groups is 1. The number of nitrogens with one attached hydrogen (secondary N) is 2. The number of nitrogens with zero attached hydrogens (tertiary/aromatic N) is 3. The molecule has 0 saturated heterocycles. The number of nitriles is 1. The van der Waals surface area contributed by atoms with Gasteiger partial charge in [0.05, 0.1) is 40.0 Å². The number of carboxylic acids is 1. The number of carboxylic acid groups (broad SMARTS) is 1. The molecule has 0 fully saturated rings. The molecule has 0 saturated carbocycles. The van der Waals surface area contributed by atoms with Gasteiger partial charge in [-0.15, -0.1) is 0 Å². The van der Waals surface area contributed by atoms with E-state index < -0.39 is 5.97 Å². The fourth-order valence-electron chi connectivity index (χ4n) is 9.83. The summed E-state index contributed by atoms with van der Waals surface area (Å²) in [5.41, 5.74) is 24.7. The monoisotopic (exact) mass is 843 g/mol. The summed E-state index contributed by atoms with van der Waals surface area (Å²) in [6.45, 7) is 12.9. The van der Waals surface area contributed by atoms with Gasteiger partial charge >= 0.3 is 5.97 Å². The third-order valence-corrected chi connectivity index (χ3v) is 12.5. The molecule has 65 heavy (non-hydrogen) atoms. The molecule has 0 amide bonds. The summed E-state index contributed by atoms with van der Waals surface area (Å²) in [6.07, 6.45) is 8.45. The fourth-order valence-corrected chi connectivity index (χ4v) is 9.83. The fraction of sp³-hybridized carbons (Fsp3) is 0.103. The molecule has 0 atom stereocenters. The van der Waals surface area contributed by atoms with Crippen LogP contribution in [0.25, 0.3) is 102 Å². The summed E-state index contributed by atoms with van der Waals surface area (Å²) < 4.78 is 0. The van der Waals surface area contributed by atoms with Crippen molar-refractivity contribution in [1.82, 2.24) is 19.9 Å². The van der Waals surface area contributed by atoms with Crippen LogP contribution in [0.1, 0.15) is 72.1 Å². The highest BCUT2D eigenvalue weighted by Crippen LogP contribution is 2.41. The Kier molecular flexibility index (Phi) is 10.1. The third kappa shape index (κ3) is 7.35. The van der Waals surface area contributed by atoms with E-state index in [2.05, 4.69) is 155 Å². The molecule has 10 rings (SSSR count). The molecule has 0 unspecified atom stereocenters. The van der Waals surface area contributed by atoms with Crippen LogP contribution < -0.4 is 0 Å². The summed E-state index contributed by atoms with van der Waals surface area (Å²) in [5, 5.41) is 19.2. The Balaban J connectivity index is 1.34. The number of aromatic amines is 2. The standard InChI is InChI=1S/C58H45N5O2/c1-32-27-34(3)52(35(4)28-32)56-48-23-19-44(60-48)54(41-9-7-38(31-59)8-10-41)45-20-24-49(61-45)57(53-36(5)29-33(2)30-37(53)6)51-26-22-47(63-51)55(46-21-25-50(56)62-46)42-15-11-39(12-16-42)40-13-17-43(18-14-40)58(64)65/h7-30,60,63H,1-6H3,(H,64,65). The van der Waals surface area contributed by atoms with Gasteiger partial charge in [0.15, 0.2) is 0 Å². The number of hydrogen-bond acceptors (Lipinski definition) is 4. The van der Waals surface area contributed by atoms with Crippen LogP contribution in [-0.2, 0) is 0 Å². The van der Waals surface area contributed by atoms with Crippen molar-refractivity contribution >= 4 is 52.3 Å². The van der Waals surface area contributed by atoms with E-state index in [-0.39, 0.29) is 5.56 Å². The highest BCUT2D eigenvalue weighted by molar-refractivity contribution is 6.01. The molecule has 7 nitrogen and oxygen atoms in total. The van der Waals surface area contributed by atoms with E-state index in [0.29, 0.717) is 5.56 Å². The van der Waals surface area contributed by atoms with Crippen LogP contribution in [0.4, 0.5) is 0 Å². The van der Waals surface area contributed by atoms with Gasteiger partial charge in [0.1, 0.15) is 0 Å². The second-order valence-corrected chi connectivity index (χ2v) is 17.2. The maximum absolute atomic E-state index is 11.6. The first-order chi connectivity index (χ1) is 31.4. The number of hydrogen-bond donors (Lipinski definition) is 3. The highest BCUT2D eigenvalue weighted by Gasteiger charge is 2.22. The Morgan fingerprint density at radius 2 is 0.769 bits per heavy atom. The van der Waals surface area contributed by atoms with Crippen LogP contribution in [-0.4, -0.2) is 31.0 Å². The first-order valence-corrected chi connectivity index (χ1v) is 21.7. The molecule has 3 aromatic heterocycles. The number of fused-ring (bicyclic) bond motifs is 8. The topological polar surface area (TPSA) is 118 Å². The number of rotatable bonds is 6. The van der Waals surface area contributed by atoms with Crippen LogP contribution in [0, 0.1) is 52.9 Å². The van der Waals surface area contributed by atoms with Gasteiger partial charge in [-0.1, -0.05) is 83.9 Å². The van der Waals surface area contributed by atoms with Crippen LogP contribution in [0.3, 0.4) is 0 Å². The van der Waals surface area contributed by atoms with Crippen molar-refractivity contribution in [3.05, 3.63) is 189 Å². The van der Waals surface area contributed by atoms with Gasteiger partial charge in [-0.25, -0.2) is 14.8 Å². The molecule has 0 radical (unpaired) electrons. The van der Waals surface area contributed by atoms with Crippen molar-refractivity contribution in [2.75, 3.05) is 0 Å². The molecule has 8 aromatic rings. The molecule has 3 N–H and O–H groups in total. The lowest BCUT2D eigenvalue weighted by Crippen LogP contribution is -1.95. The lowest BCUT2D eigenvalue weighted by atomic mass is 9.92. The van der Waals surface area contributed by atoms with Gasteiger partial charge in [-0.3, -0.25) is 0 Å². The third-order valence-electron chi connectivity index (χ3n) is 12.5. The lowest BCUT2D eigenvalue weighted by Gasteiger charge is -2.13. The normalized spacial score (nSPS) is 11.8. The minimum Gasteiger partial charge on any atom is -0.478 e. The summed E-state index contributed by atoms with van der Waals surface area (Å²) in [4.78, 5) is 30.4. The number of aryl methyl sites for hydroxylation is 6. The Hall–Kier alpha value is -8.34. The second-order valence-electron chi connectivity index (χ2n) is 17.2. The minimum absolute atomic E-state index is 0.251. The predicted molar refractivity (Wildman–Crippen MR) is 266 cm³/mol. The summed E-state index contributed by atoms with van der Waals surface area (Å²) in [7, 11) is 0. The van der Waals surface area contributed by atoms with E-state index >= 15 is 0 Å². The van der Waals surface area contributed by atoms with Gasteiger partial charge < -0.3 is 15.1 Å². The zero-order valence-electron chi connectivity index (χ0n) is 37.1. The van der Waals surface area contributed by atoms with Gasteiger partial charge in [-0.2, -0.15) is 5.26 Å². The second kappa shape index (κ2) is 16.1. The van der Waals surface area contributed by atoms with Gasteiger partial charge in [-0.05, 0) is 170 Å². The number of aromatic nitrogens is 4. The summed E-state index contributed by atoms with van der Waals surface area (Å²) in [5.74, 6) is -0.950. The van der Waals surface area contributed by atoms with Crippen molar-refractivity contribution < 1.29 is 9.90 Å². The van der Waals surface area contributed by atoms with Gasteiger partial charge in [0.2, 0.25) is 0 Å². The molecule has 2 aliphatic heterocycles. The SMILES string of the molecule is Cc1cc(C)c(-c2c3nc(c(-c4ccc(-c5ccc(C(=O)O)cc5)cc4)c4ccc([nH]4)c(-c4c(C)cc(C)cc4C)c4nc(c(-c5ccc(C#N)cc5)c5ccc2[nH]5)C=C4)C=C3)c(C)c1. The van der Waals surface area contributed by atoms with Crippen LogP contribution >= 0.6 is 0 Å². The molecule has 5 aromatic carbocycles. The van der Waals surface area contributed by atoms with E-state index in [4.69, 9.17) is 9.97 Å². The first-order valence-electron chi connectivity index (χ1n) is 21.7. The zero-order chi connectivity index (χ0) is 45.1. The quantitative estimate of drug-likeness (QED) is 0.154. The molecular weight excluding hydrogens is 799 g/mol. The van der Waals surface area contributed by atoms with E-state index in [0.717, 1.165) is 123 Å². The van der Waals surface area contributed by atoms with Crippen molar-refractivity contribution in [3.8, 4) is 61.7 Å². The predicted octanol–water partition coefficient (Wildman–Crippen LogP) is 14.4. The van der Waals surface area contributed by atoms with E-state index in [1.165, 1.54) is 11.1 Å². The smallest absolute Gasteiger partial charge is 0.335 e. The van der Waals surface area contributed by atoms with Crippen molar-refractivity contribution in [1.29, 1.82) is 5.26 Å². The van der Waals surface area contributed by atoms with E-state index in [1.807, 2.05) is 36.4 Å². The Morgan fingerprint density at radius 1 is 0.446 bits per heavy atom. The summed E-state index contributed by atoms with van der Waals surface area (Å²) >= 11 is 0. The number of H-pyrrole nitrogens is 2. The molecule has 2 aliphatic rings. The number of aromatic carboxylic acids is 1. The minimum atomic E-state index is -0.950. The molecule has 0 spiro atoms. The molecule has 5 heterocycles. The Labute approximate surface area is 377 Å². The Morgan fingerprint density at radius 3 is 1.14 bits per heavy atom. The maximum Gasteiger partial charge on any atom is 0.335 e. The van der Waals surface area contributed by atoms with Gasteiger partial charge in [0, 0.05) is 44.3 Å². The Bertz CT molecular complexity index is 3460. The highest BCUT2D eigenvalue weighted by atomic mass is 16.4. The lowest BCUT2D eigenvalue weighted by molar-refractivity contribution is 0.0697. The molecular formula is C58H45N5O2. The molecule has 8 bridgehead atoms. The molecule has 314 valence electrons. The average Bonchev–Trinajstić information content (AvgIpc) is 4.14. The van der Waals surface area contributed by atoms with Crippen LogP contribution in [0.5, 0.6) is 0 Å². The summed E-state index contributed by atoms with van der Waals surface area (Å²) in [6, 6.07) is 42.8. The van der Waals surface area contributed by atoms with Crippen LogP contribution in [0.15, 0.2) is 121 Å². The zero-order valence-corrected chi connectivity index (χ0v) is 37.1. The van der Waals surface area contributed by atoms with E-state index in [9.17, 15) is 15.2 Å². The van der Waals surface area contributed by atoms with Crippen molar-refractivity contribution in [2.24, 2.45) is 0 Å². The largest absolute Gasteiger partial charge is 0.478 e. The molecule has 0 aliphatic carbocycles.